The molecule has 1 aliphatic rings. The van der Waals surface area contributed by atoms with Gasteiger partial charge in [-0.15, -0.1) is 0 Å². The Morgan fingerprint density at radius 2 is 1.62 bits per heavy atom. The SMILES string of the molecule is CCCCOc1c2n(ccc1=O)N(C(c1ccccc1)c1ccccc1)CN(CCN(C)C(C)=O)C2=O. The molecule has 0 atom stereocenters. The fourth-order valence-electron chi connectivity index (χ4n) is 4.45. The molecule has 0 fully saturated rings. The van der Waals surface area contributed by atoms with Gasteiger partial charge >= 0.3 is 0 Å². The third-order valence-corrected chi connectivity index (χ3v) is 6.63. The average molecular weight is 503 g/mol. The normalized spacial score (nSPS) is 13.0. The Morgan fingerprint density at radius 1 is 1.00 bits per heavy atom. The summed E-state index contributed by atoms with van der Waals surface area (Å²) in [4.78, 5) is 41.8. The predicted octanol–water partition coefficient (Wildman–Crippen LogP) is 3.65. The van der Waals surface area contributed by atoms with Crippen molar-refractivity contribution in [3.8, 4) is 5.75 Å². The highest BCUT2D eigenvalue weighted by Crippen LogP contribution is 2.32. The Hall–Kier alpha value is -4.07. The lowest BCUT2D eigenvalue weighted by molar-refractivity contribution is -0.127. The molecular formula is C29H34N4O4. The lowest BCUT2D eigenvalue weighted by atomic mass is 9.98. The molecule has 37 heavy (non-hydrogen) atoms. The number of pyridine rings is 1. The number of hydrogen-bond acceptors (Lipinski definition) is 5. The minimum atomic E-state index is -0.325. The van der Waals surface area contributed by atoms with E-state index < -0.39 is 0 Å². The number of nitrogens with zero attached hydrogens (tertiary/aromatic N) is 4. The van der Waals surface area contributed by atoms with Crippen molar-refractivity contribution in [1.82, 2.24) is 14.5 Å². The Bertz CT molecular complexity index is 1240. The van der Waals surface area contributed by atoms with Crippen molar-refractivity contribution < 1.29 is 14.3 Å². The molecule has 8 heteroatoms. The number of carbonyl (C=O) groups excluding carboxylic acids is 2. The van der Waals surface area contributed by atoms with Crippen LogP contribution in [-0.4, -0.2) is 59.7 Å². The van der Waals surface area contributed by atoms with Crippen molar-refractivity contribution in [3.63, 3.8) is 0 Å². The summed E-state index contributed by atoms with van der Waals surface area (Å²) >= 11 is 0. The number of hydrogen-bond donors (Lipinski definition) is 0. The third kappa shape index (κ3) is 5.69. The van der Waals surface area contributed by atoms with E-state index in [1.165, 1.54) is 13.0 Å². The van der Waals surface area contributed by atoms with Gasteiger partial charge in [-0.2, -0.15) is 0 Å². The number of ether oxygens (including phenoxy) is 1. The lowest BCUT2D eigenvalue weighted by Crippen LogP contribution is -2.56. The second-order valence-corrected chi connectivity index (χ2v) is 9.22. The molecule has 0 N–H and O–H groups in total. The van der Waals surface area contributed by atoms with E-state index in [-0.39, 0.29) is 41.4 Å². The number of carbonyl (C=O) groups is 2. The maximum atomic E-state index is 13.8. The van der Waals surface area contributed by atoms with Gasteiger partial charge in [0.1, 0.15) is 6.67 Å². The molecule has 2 amide bonds. The van der Waals surface area contributed by atoms with Gasteiger partial charge in [0.2, 0.25) is 11.3 Å². The van der Waals surface area contributed by atoms with Crippen LogP contribution >= 0.6 is 0 Å². The van der Waals surface area contributed by atoms with E-state index in [2.05, 4.69) is 29.3 Å². The Kier molecular flexibility index (Phi) is 8.28. The fourth-order valence-corrected chi connectivity index (χ4v) is 4.45. The summed E-state index contributed by atoms with van der Waals surface area (Å²) in [6, 6.07) is 21.4. The lowest BCUT2D eigenvalue weighted by Gasteiger charge is -2.44. The Labute approximate surface area is 217 Å². The van der Waals surface area contributed by atoms with E-state index >= 15 is 0 Å². The summed E-state index contributed by atoms with van der Waals surface area (Å²) in [7, 11) is 1.71. The molecular weight excluding hydrogens is 468 g/mol. The van der Waals surface area contributed by atoms with Crippen LogP contribution in [-0.2, 0) is 4.79 Å². The quantitative estimate of drug-likeness (QED) is 0.396. The summed E-state index contributed by atoms with van der Waals surface area (Å²) < 4.78 is 7.69. The second-order valence-electron chi connectivity index (χ2n) is 9.22. The highest BCUT2D eigenvalue weighted by molar-refractivity contribution is 5.96. The van der Waals surface area contributed by atoms with Crippen molar-refractivity contribution in [2.75, 3.05) is 38.4 Å². The number of benzene rings is 2. The molecule has 1 aromatic heterocycles. The summed E-state index contributed by atoms with van der Waals surface area (Å²) in [5.41, 5.74) is 1.97. The minimum absolute atomic E-state index is 0.0652. The number of likely N-dealkylation sites (N-methyl/N-ethyl adjacent to an activating group) is 1. The van der Waals surface area contributed by atoms with E-state index in [1.54, 1.807) is 27.7 Å². The van der Waals surface area contributed by atoms with E-state index in [9.17, 15) is 14.4 Å². The van der Waals surface area contributed by atoms with Gasteiger partial charge in [0.05, 0.1) is 12.6 Å². The number of amides is 2. The first kappa shape index (κ1) is 26.0. The molecule has 0 saturated carbocycles. The first-order valence-electron chi connectivity index (χ1n) is 12.7. The Balaban J connectivity index is 1.85. The highest BCUT2D eigenvalue weighted by atomic mass is 16.5. The van der Waals surface area contributed by atoms with Gasteiger partial charge in [-0.05, 0) is 17.5 Å². The van der Waals surface area contributed by atoms with Gasteiger partial charge < -0.3 is 14.5 Å². The molecule has 0 spiro atoms. The molecule has 8 nitrogen and oxygen atoms in total. The van der Waals surface area contributed by atoms with E-state index in [1.807, 2.05) is 43.3 Å². The molecule has 0 saturated heterocycles. The first-order valence-corrected chi connectivity index (χ1v) is 12.7. The van der Waals surface area contributed by atoms with Gasteiger partial charge in [0.15, 0.2) is 11.4 Å². The number of aromatic nitrogens is 1. The fraction of sp³-hybridized carbons (Fsp3) is 0.345. The molecule has 2 aromatic carbocycles. The summed E-state index contributed by atoms with van der Waals surface area (Å²) in [6.45, 7) is 4.85. The number of fused-ring (bicyclic) bond motifs is 1. The van der Waals surface area contributed by atoms with Crippen LogP contribution in [0.1, 0.15) is 54.3 Å². The first-order chi connectivity index (χ1) is 17.9. The molecule has 3 aromatic rings. The predicted molar refractivity (Wildman–Crippen MR) is 143 cm³/mol. The van der Waals surface area contributed by atoms with Gasteiger partial charge in [-0.3, -0.25) is 24.1 Å². The van der Waals surface area contributed by atoms with Gasteiger partial charge in [0.25, 0.3) is 5.91 Å². The Morgan fingerprint density at radius 3 is 2.19 bits per heavy atom. The summed E-state index contributed by atoms with van der Waals surface area (Å²) in [6.07, 6.45) is 3.33. The van der Waals surface area contributed by atoms with Gasteiger partial charge in [-0.1, -0.05) is 74.0 Å². The van der Waals surface area contributed by atoms with Crippen LogP contribution < -0.4 is 15.2 Å². The van der Waals surface area contributed by atoms with Crippen LogP contribution in [0.3, 0.4) is 0 Å². The molecule has 0 aliphatic carbocycles. The summed E-state index contributed by atoms with van der Waals surface area (Å²) in [5, 5.41) is 2.07. The monoisotopic (exact) mass is 502 g/mol. The highest BCUT2D eigenvalue weighted by Gasteiger charge is 2.37. The maximum absolute atomic E-state index is 13.8. The van der Waals surface area contributed by atoms with Crippen LogP contribution in [0.15, 0.2) is 77.7 Å². The molecule has 1 aliphatic heterocycles. The van der Waals surface area contributed by atoms with E-state index in [4.69, 9.17) is 4.74 Å². The van der Waals surface area contributed by atoms with Crippen molar-refractivity contribution in [1.29, 1.82) is 0 Å². The van der Waals surface area contributed by atoms with Gasteiger partial charge in [0, 0.05) is 39.3 Å². The smallest absolute Gasteiger partial charge is 0.277 e. The van der Waals surface area contributed by atoms with Crippen molar-refractivity contribution in [3.05, 3.63) is 100.0 Å². The standard InChI is InChI=1S/C29H34N4O4/c1-4-5-20-37-28-25(35)16-17-32-27(28)29(36)31(19-18-30(3)22(2)34)21-33(32)26(23-12-8-6-9-13-23)24-14-10-7-11-15-24/h6-17,26H,4-5,18-21H2,1-3H3. The van der Waals surface area contributed by atoms with Crippen LogP contribution in [0.5, 0.6) is 5.75 Å². The zero-order valence-corrected chi connectivity index (χ0v) is 21.7. The zero-order valence-electron chi connectivity index (χ0n) is 21.7. The van der Waals surface area contributed by atoms with E-state index in [0.29, 0.717) is 19.7 Å². The molecule has 0 radical (unpaired) electrons. The van der Waals surface area contributed by atoms with Gasteiger partial charge in [-0.25, -0.2) is 0 Å². The summed E-state index contributed by atoms with van der Waals surface area (Å²) in [5.74, 6) is -0.305. The van der Waals surface area contributed by atoms with E-state index in [0.717, 1.165) is 24.0 Å². The maximum Gasteiger partial charge on any atom is 0.277 e. The third-order valence-electron chi connectivity index (χ3n) is 6.63. The van der Waals surface area contributed by atoms with Crippen molar-refractivity contribution in [2.45, 2.75) is 32.7 Å². The number of unbranched alkanes of at least 4 members (excludes halogenated alkanes) is 1. The number of rotatable bonds is 10. The topological polar surface area (TPSA) is 75.1 Å². The van der Waals surface area contributed by atoms with Crippen molar-refractivity contribution >= 4 is 11.8 Å². The van der Waals surface area contributed by atoms with Crippen molar-refractivity contribution in [2.24, 2.45) is 0 Å². The molecule has 0 bridgehead atoms. The average Bonchev–Trinajstić information content (AvgIpc) is 2.91. The van der Waals surface area contributed by atoms with Crippen LogP contribution in [0, 0.1) is 0 Å². The molecule has 4 rings (SSSR count). The second kappa shape index (κ2) is 11.8. The largest absolute Gasteiger partial charge is 0.487 e. The molecule has 2 heterocycles. The van der Waals surface area contributed by atoms with Crippen LogP contribution in [0.2, 0.25) is 0 Å². The van der Waals surface area contributed by atoms with Crippen LogP contribution in [0.4, 0.5) is 0 Å². The molecule has 194 valence electrons. The minimum Gasteiger partial charge on any atom is -0.487 e. The van der Waals surface area contributed by atoms with Crippen LogP contribution in [0.25, 0.3) is 0 Å². The molecule has 0 unspecified atom stereocenters. The zero-order chi connectivity index (χ0) is 26.4.